The average Bonchev–Trinajstić information content (AvgIpc) is 2.70. The molecule has 0 saturated carbocycles. The van der Waals surface area contributed by atoms with E-state index < -0.39 is 5.97 Å². The van der Waals surface area contributed by atoms with Gasteiger partial charge >= 0.3 is 5.97 Å². The molecule has 0 aliphatic rings. The summed E-state index contributed by atoms with van der Waals surface area (Å²) < 4.78 is 10.5. The Balaban J connectivity index is 2.58. The second kappa shape index (κ2) is 4.24. The van der Waals surface area contributed by atoms with Crippen LogP contribution in [0.5, 0.6) is 0 Å². The standard InChI is InChI=1S/C14H16O3/c1-5-16-14(15)12-7-11-6-8(2)9(3)10(4)13(11)17-12/h6-7H,5H2,1-4H3. The van der Waals surface area contributed by atoms with Crippen LogP contribution in [-0.4, -0.2) is 12.6 Å². The highest BCUT2D eigenvalue weighted by Gasteiger charge is 2.15. The maximum absolute atomic E-state index is 11.6. The molecule has 90 valence electrons. The molecule has 1 heterocycles. The number of fused-ring (bicyclic) bond motifs is 1. The van der Waals surface area contributed by atoms with Crippen LogP contribution in [0.2, 0.25) is 0 Å². The van der Waals surface area contributed by atoms with E-state index in [0.29, 0.717) is 6.61 Å². The van der Waals surface area contributed by atoms with Gasteiger partial charge < -0.3 is 9.15 Å². The van der Waals surface area contributed by atoms with Gasteiger partial charge in [0, 0.05) is 5.39 Å². The number of hydrogen-bond acceptors (Lipinski definition) is 3. The monoisotopic (exact) mass is 232 g/mol. The van der Waals surface area contributed by atoms with Crippen LogP contribution < -0.4 is 0 Å². The topological polar surface area (TPSA) is 39.4 Å². The summed E-state index contributed by atoms with van der Waals surface area (Å²) in [6.45, 7) is 8.24. The zero-order chi connectivity index (χ0) is 12.6. The van der Waals surface area contributed by atoms with E-state index in [1.165, 1.54) is 11.1 Å². The zero-order valence-electron chi connectivity index (χ0n) is 10.6. The van der Waals surface area contributed by atoms with E-state index in [0.717, 1.165) is 16.5 Å². The number of carbonyl (C=O) groups is 1. The molecule has 0 atom stereocenters. The quantitative estimate of drug-likeness (QED) is 0.743. The number of hydrogen-bond donors (Lipinski definition) is 0. The Hall–Kier alpha value is -1.77. The van der Waals surface area contributed by atoms with Gasteiger partial charge in [0.1, 0.15) is 5.58 Å². The van der Waals surface area contributed by atoms with Crippen molar-refractivity contribution in [2.24, 2.45) is 0 Å². The van der Waals surface area contributed by atoms with Crippen molar-refractivity contribution in [2.45, 2.75) is 27.7 Å². The maximum Gasteiger partial charge on any atom is 0.374 e. The molecule has 0 aliphatic carbocycles. The number of ether oxygens (including phenoxy) is 1. The Morgan fingerprint density at radius 3 is 2.59 bits per heavy atom. The Morgan fingerprint density at radius 1 is 1.24 bits per heavy atom. The lowest BCUT2D eigenvalue weighted by molar-refractivity contribution is 0.0492. The van der Waals surface area contributed by atoms with Gasteiger partial charge in [-0.15, -0.1) is 0 Å². The fourth-order valence-corrected chi connectivity index (χ4v) is 1.92. The van der Waals surface area contributed by atoms with Gasteiger partial charge in [-0.3, -0.25) is 0 Å². The summed E-state index contributed by atoms with van der Waals surface area (Å²) in [5.74, 6) is -0.131. The first-order valence-corrected chi connectivity index (χ1v) is 5.72. The molecule has 3 heteroatoms. The molecule has 0 fully saturated rings. The molecule has 0 amide bonds. The fourth-order valence-electron chi connectivity index (χ4n) is 1.92. The van der Waals surface area contributed by atoms with Crippen LogP contribution >= 0.6 is 0 Å². The number of rotatable bonds is 2. The van der Waals surface area contributed by atoms with Crippen LogP contribution in [0.3, 0.4) is 0 Å². The average molecular weight is 232 g/mol. The number of benzene rings is 1. The number of furan rings is 1. The summed E-state index contributed by atoms with van der Waals surface area (Å²) in [7, 11) is 0. The van der Waals surface area contributed by atoms with Gasteiger partial charge in [-0.05, 0) is 56.5 Å². The zero-order valence-corrected chi connectivity index (χ0v) is 10.6. The molecule has 0 saturated heterocycles. The first kappa shape index (κ1) is 11.7. The molecule has 0 unspecified atom stereocenters. The third kappa shape index (κ3) is 1.93. The van der Waals surface area contributed by atoms with Crippen molar-refractivity contribution in [3.63, 3.8) is 0 Å². The van der Waals surface area contributed by atoms with Crippen LogP contribution in [-0.2, 0) is 4.74 Å². The molecule has 1 aromatic heterocycles. The van der Waals surface area contributed by atoms with E-state index in [9.17, 15) is 4.79 Å². The molecule has 17 heavy (non-hydrogen) atoms. The molecular formula is C14H16O3. The molecule has 2 aromatic rings. The van der Waals surface area contributed by atoms with Gasteiger partial charge in [-0.1, -0.05) is 0 Å². The smallest absolute Gasteiger partial charge is 0.374 e. The van der Waals surface area contributed by atoms with E-state index in [2.05, 4.69) is 13.8 Å². The molecule has 1 aromatic carbocycles. The van der Waals surface area contributed by atoms with Gasteiger partial charge in [0.2, 0.25) is 5.76 Å². The molecule has 0 spiro atoms. The minimum Gasteiger partial charge on any atom is -0.460 e. The second-order valence-electron chi connectivity index (χ2n) is 4.19. The highest BCUT2D eigenvalue weighted by atomic mass is 16.5. The van der Waals surface area contributed by atoms with Gasteiger partial charge in [0.25, 0.3) is 0 Å². The summed E-state index contributed by atoms with van der Waals surface area (Å²) in [5, 5.41) is 0.952. The van der Waals surface area contributed by atoms with E-state index in [1.807, 2.05) is 13.0 Å². The van der Waals surface area contributed by atoms with Crippen LogP contribution in [0.25, 0.3) is 11.0 Å². The van der Waals surface area contributed by atoms with Crippen molar-refractivity contribution in [2.75, 3.05) is 6.61 Å². The highest BCUT2D eigenvalue weighted by Crippen LogP contribution is 2.27. The summed E-state index contributed by atoms with van der Waals surface area (Å²) in [4.78, 5) is 11.6. The highest BCUT2D eigenvalue weighted by molar-refractivity contribution is 5.94. The minimum absolute atomic E-state index is 0.273. The van der Waals surface area contributed by atoms with Gasteiger partial charge in [0.05, 0.1) is 6.61 Å². The van der Waals surface area contributed by atoms with Gasteiger partial charge in [-0.25, -0.2) is 4.79 Å². The summed E-state index contributed by atoms with van der Waals surface area (Å²) >= 11 is 0. The molecular weight excluding hydrogens is 216 g/mol. The van der Waals surface area contributed by atoms with Crippen molar-refractivity contribution >= 4 is 16.9 Å². The molecule has 0 radical (unpaired) electrons. The third-order valence-electron chi connectivity index (χ3n) is 3.10. The molecule has 0 aliphatic heterocycles. The summed E-state index contributed by atoms with van der Waals surface area (Å²) in [6, 6.07) is 3.77. The molecule has 0 bridgehead atoms. The number of aryl methyl sites for hydroxylation is 2. The maximum atomic E-state index is 11.6. The normalized spacial score (nSPS) is 10.8. The fraction of sp³-hybridized carbons (Fsp3) is 0.357. The van der Waals surface area contributed by atoms with Crippen LogP contribution in [0.15, 0.2) is 16.5 Å². The lowest BCUT2D eigenvalue weighted by Gasteiger charge is -2.04. The van der Waals surface area contributed by atoms with E-state index in [4.69, 9.17) is 9.15 Å². The second-order valence-corrected chi connectivity index (χ2v) is 4.19. The lowest BCUT2D eigenvalue weighted by Crippen LogP contribution is -2.02. The van der Waals surface area contributed by atoms with Gasteiger partial charge in [0.15, 0.2) is 0 Å². The number of esters is 1. The Labute approximate surface area is 100 Å². The van der Waals surface area contributed by atoms with Crippen molar-refractivity contribution in [1.29, 1.82) is 0 Å². The lowest BCUT2D eigenvalue weighted by atomic mass is 10.0. The predicted octanol–water partition coefficient (Wildman–Crippen LogP) is 3.53. The van der Waals surface area contributed by atoms with Crippen molar-refractivity contribution < 1.29 is 13.9 Å². The molecule has 3 nitrogen and oxygen atoms in total. The first-order valence-electron chi connectivity index (χ1n) is 5.72. The van der Waals surface area contributed by atoms with Crippen LogP contribution in [0.4, 0.5) is 0 Å². The molecule has 2 rings (SSSR count). The van der Waals surface area contributed by atoms with Crippen molar-refractivity contribution in [1.82, 2.24) is 0 Å². The van der Waals surface area contributed by atoms with Crippen molar-refractivity contribution in [3.05, 3.63) is 34.6 Å². The SMILES string of the molecule is CCOC(=O)c1cc2cc(C)c(C)c(C)c2o1. The van der Waals surface area contributed by atoms with E-state index >= 15 is 0 Å². The third-order valence-corrected chi connectivity index (χ3v) is 3.10. The first-order chi connectivity index (χ1) is 8.04. The largest absolute Gasteiger partial charge is 0.460 e. The van der Waals surface area contributed by atoms with Crippen LogP contribution in [0.1, 0.15) is 34.2 Å². The summed E-state index contributed by atoms with van der Waals surface area (Å²) in [6.07, 6.45) is 0. The predicted molar refractivity (Wildman–Crippen MR) is 66.4 cm³/mol. The number of carbonyl (C=O) groups excluding carboxylic acids is 1. The summed E-state index contributed by atoms with van der Waals surface area (Å²) in [5.41, 5.74) is 4.25. The molecule has 0 N–H and O–H groups in total. The Kier molecular flexibility index (Phi) is 2.92. The van der Waals surface area contributed by atoms with Gasteiger partial charge in [-0.2, -0.15) is 0 Å². The minimum atomic E-state index is -0.404. The Morgan fingerprint density at radius 2 is 1.94 bits per heavy atom. The van der Waals surface area contributed by atoms with Crippen molar-refractivity contribution in [3.8, 4) is 0 Å². The Bertz CT molecular complexity index is 579. The van der Waals surface area contributed by atoms with E-state index in [1.54, 1.807) is 13.0 Å². The van der Waals surface area contributed by atoms with E-state index in [-0.39, 0.29) is 5.76 Å². The van der Waals surface area contributed by atoms with Crippen LogP contribution in [0, 0.1) is 20.8 Å².